The van der Waals surface area contributed by atoms with Crippen molar-refractivity contribution in [2.45, 2.75) is 13.5 Å². The lowest BCUT2D eigenvalue weighted by molar-refractivity contribution is 0.103. The van der Waals surface area contributed by atoms with Gasteiger partial charge in [-0.1, -0.05) is 23.7 Å². The van der Waals surface area contributed by atoms with Gasteiger partial charge in [0.25, 0.3) is 5.91 Å². The van der Waals surface area contributed by atoms with E-state index in [1.807, 2.05) is 66.2 Å². The van der Waals surface area contributed by atoms with Gasteiger partial charge in [0.1, 0.15) is 11.2 Å². The molecule has 1 amide bonds. The summed E-state index contributed by atoms with van der Waals surface area (Å²) in [5.74, 6) is -0.159. The summed E-state index contributed by atoms with van der Waals surface area (Å²) in [6.07, 6.45) is 1.51. The van der Waals surface area contributed by atoms with Crippen LogP contribution in [-0.4, -0.2) is 35.9 Å². The molecule has 0 aliphatic heterocycles. The van der Waals surface area contributed by atoms with Crippen LogP contribution in [0.4, 0.5) is 5.69 Å². The molecule has 10 heteroatoms. The maximum absolute atomic E-state index is 12.8. The van der Waals surface area contributed by atoms with Crippen LogP contribution < -0.4 is 5.32 Å². The maximum atomic E-state index is 12.8. The van der Waals surface area contributed by atoms with Crippen LogP contribution in [-0.2, 0) is 6.54 Å². The molecule has 5 aromatic rings. The van der Waals surface area contributed by atoms with Gasteiger partial charge in [-0.05, 0) is 65.4 Å². The van der Waals surface area contributed by atoms with Crippen molar-refractivity contribution < 1.29 is 4.79 Å². The smallest absolute Gasteiger partial charge is 0.265 e. The average molecular weight is 450 g/mol. The van der Waals surface area contributed by atoms with Gasteiger partial charge < -0.3 is 5.32 Å². The number of halogens is 1. The van der Waals surface area contributed by atoms with Crippen molar-refractivity contribution in [3.05, 3.63) is 82.1 Å². The van der Waals surface area contributed by atoms with E-state index in [0.717, 1.165) is 27.2 Å². The molecular formula is C21H16ClN7OS. The fraction of sp³-hybridized carbons (Fsp3) is 0.0952. The van der Waals surface area contributed by atoms with Crippen LogP contribution in [0.3, 0.4) is 0 Å². The topological polar surface area (TPSA) is 90.5 Å². The van der Waals surface area contributed by atoms with E-state index in [4.69, 9.17) is 11.6 Å². The summed E-state index contributed by atoms with van der Waals surface area (Å²) < 4.78 is 3.48. The van der Waals surface area contributed by atoms with Crippen molar-refractivity contribution in [3.63, 3.8) is 0 Å². The fourth-order valence-electron chi connectivity index (χ4n) is 3.26. The number of hydrogen-bond acceptors (Lipinski definition) is 6. The minimum absolute atomic E-state index is 0.159. The Morgan fingerprint density at radius 1 is 1.13 bits per heavy atom. The summed E-state index contributed by atoms with van der Waals surface area (Å²) in [4.78, 5) is 14.4. The monoisotopic (exact) mass is 449 g/mol. The second-order valence-electron chi connectivity index (χ2n) is 6.95. The summed E-state index contributed by atoms with van der Waals surface area (Å²) >= 11 is 7.41. The van der Waals surface area contributed by atoms with E-state index >= 15 is 0 Å². The van der Waals surface area contributed by atoms with Crippen molar-refractivity contribution in [2.24, 2.45) is 0 Å². The van der Waals surface area contributed by atoms with Crippen molar-refractivity contribution in [3.8, 4) is 5.69 Å². The van der Waals surface area contributed by atoms with Crippen LogP contribution in [0, 0.1) is 6.92 Å². The van der Waals surface area contributed by atoms with E-state index < -0.39 is 0 Å². The number of hydrogen-bond donors (Lipinski definition) is 1. The Labute approximate surface area is 186 Å². The SMILES string of the molecule is Cc1nn(Cc2ccc(Cl)cc2)c2sc(C(=O)Nc3ccc(-n4cnnn4)cc3)cc12. The summed E-state index contributed by atoms with van der Waals surface area (Å²) in [5.41, 5.74) is 3.49. The van der Waals surface area contributed by atoms with Gasteiger partial charge in [0.2, 0.25) is 0 Å². The number of fused-ring (bicyclic) bond motifs is 1. The molecule has 5 rings (SSSR count). The van der Waals surface area contributed by atoms with E-state index in [-0.39, 0.29) is 5.91 Å². The third kappa shape index (κ3) is 3.92. The molecule has 0 bridgehead atoms. The normalized spacial score (nSPS) is 11.2. The van der Waals surface area contributed by atoms with E-state index in [0.29, 0.717) is 22.1 Å². The molecule has 0 aliphatic rings. The zero-order chi connectivity index (χ0) is 21.4. The van der Waals surface area contributed by atoms with Gasteiger partial charge in [-0.3, -0.25) is 9.48 Å². The number of nitrogens with zero attached hydrogens (tertiary/aromatic N) is 6. The Balaban J connectivity index is 1.36. The summed E-state index contributed by atoms with van der Waals surface area (Å²) in [6.45, 7) is 2.56. The molecule has 2 aromatic carbocycles. The van der Waals surface area contributed by atoms with Gasteiger partial charge in [0, 0.05) is 16.1 Å². The molecule has 3 aromatic heterocycles. The lowest BCUT2D eigenvalue weighted by Gasteiger charge is -2.05. The minimum atomic E-state index is -0.159. The van der Waals surface area contributed by atoms with Crippen molar-refractivity contribution in [1.82, 2.24) is 30.0 Å². The first kappa shape index (κ1) is 19.4. The minimum Gasteiger partial charge on any atom is -0.321 e. The maximum Gasteiger partial charge on any atom is 0.265 e. The predicted octanol–water partition coefficient (Wildman–Crippen LogP) is 4.34. The number of aryl methyl sites for hydroxylation is 1. The number of carbonyl (C=O) groups excluding carboxylic acids is 1. The Morgan fingerprint density at radius 2 is 1.90 bits per heavy atom. The third-order valence-electron chi connectivity index (χ3n) is 4.82. The standard InChI is InChI=1S/C21H16ClN7OS/c1-13-18-10-19(31-21(18)28(25-13)11-14-2-4-15(22)5-3-14)20(30)24-16-6-8-17(9-7-16)29-12-23-26-27-29/h2-10,12H,11H2,1H3,(H,24,30). The lowest BCUT2D eigenvalue weighted by atomic mass is 10.2. The molecule has 0 saturated carbocycles. The number of carbonyl (C=O) groups is 1. The van der Waals surface area contributed by atoms with Crippen LogP contribution in [0.25, 0.3) is 15.9 Å². The number of rotatable bonds is 5. The molecule has 0 aliphatic carbocycles. The second-order valence-corrected chi connectivity index (χ2v) is 8.42. The highest BCUT2D eigenvalue weighted by atomic mass is 35.5. The molecule has 0 fully saturated rings. The highest BCUT2D eigenvalue weighted by Gasteiger charge is 2.17. The van der Waals surface area contributed by atoms with Crippen LogP contribution in [0.2, 0.25) is 5.02 Å². The van der Waals surface area contributed by atoms with Gasteiger partial charge in [0.05, 0.1) is 22.8 Å². The molecule has 0 atom stereocenters. The number of nitrogens with one attached hydrogen (secondary N) is 1. The molecule has 1 N–H and O–H groups in total. The van der Waals surface area contributed by atoms with Crippen molar-refractivity contribution in [1.29, 1.82) is 0 Å². The molecule has 3 heterocycles. The van der Waals surface area contributed by atoms with E-state index in [9.17, 15) is 4.79 Å². The Morgan fingerprint density at radius 3 is 2.61 bits per heavy atom. The van der Waals surface area contributed by atoms with Gasteiger partial charge in [-0.15, -0.1) is 16.4 Å². The molecular weight excluding hydrogens is 434 g/mol. The van der Waals surface area contributed by atoms with Gasteiger partial charge >= 0.3 is 0 Å². The number of tetrazole rings is 1. The quantitative estimate of drug-likeness (QED) is 0.431. The van der Waals surface area contributed by atoms with E-state index in [1.54, 1.807) is 4.68 Å². The molecule has 0 spiro atoms. The van der Waals surface area contributed by atoms with E-state index in [2.05, 4.69) is 25.9 Å². The van der Waals surface area contributed by atoms with Crippen molar-refractivity contribution in [2.75, 3.05) is 5.32 Å². The van der Waals surface area contributed by atoms with Gasteiger partial charge in [-0.25, -0.2) is 4.68 Å². The number of benzene rings is 2. The van der Waals surface area contributed by atoms with Crippen LogP contribution in [0.15, 0.2) is 60.9 Å². The van der Waals surface area contributed by atoms with Gasteiger partial charge in [-0.2, -0.15) is 5.10 Å². The van der Waals surface area contributed by atoms with Crippen LogP contribution in [0.1, 0.15) is 20.9 Å². The zero-order valence-electron chi connectivity index (χ0n) is 16.4. The summed E-state index contributed by atoms with van der Waals surface area (Å²) in [6, 6.07) is 16.9. The van der Waals surface area contributed by atoms with Crippen LogP contribution in [0.5, 0.6) is 0 Å². The molecule has 154 valence electrons. The highest BCUT2D eigenvalue weighted by molar-refractivity contribution is 7.20. The number of aromatic nitrogens is 6. The number of amides is 1. The first-order valence-electron chi connectivity index (χ1n) is 9.43. The lowest BCUT2D eigenvalue weighted by Crippen LogP contribution is -2.10. The first-order chi connectivity index (χ1) is 15.1. The molecule has 0 saturated heterocycles. The second kappa shape index (κ2) is 7.93. The van der Waals surface area contributed by atoms with Gasteiger partial charge in [0.15, 0.2) is 0 Å². The summed E-state index contributed by atoms with van der Waals surface area (Å²) in [7, 11) is 0. The Hall–Kier alpha value is -3.56. The molecule has 8 nitrogen and oxygen atoms in total. The van der Waals surface area contributed by atoms with Crippen molar-refractivity contribution >= 4 is 44.7 Å². The zero-order valence-corrected chi connectivity index (χ0v) is 17.9. The van der Waals surface area contributed by atoms with E-state index in [1.165, 1.54) is 17.7 Å². The number of thiophene rings is 1. The highest BCUT2D eigenvalue weighted by Crippen LogP contribution is 2.29. The first-order valence-corrected chi connectivity index (χ1v) is 10.6. The molecule has 0 radical (unpaired) electrons. The van der Waals surface area contributed by atoms with Crippen LogP contribution >= 0.6 is 22.9 Å². The fourth-order valence-corrected chi connectivity index (χ4v) is 4.45. The summed E-state index contributed by atoms with van der Waals surface area (Å²) in [5, 5.41) is 20.3. The molecule has 0 unspecified atom stereocenters. The Bertz CT molecular complexity index is 1360. The average Bonchev–Trinajstić information content (AvgIpc) is 3.50. The predicted molar refractivity (Wildman–Crippen MR) is 120 cm³/mol. The number of anilines is 1. The molecule has 31 heavy (non-hydrogen) atoms. The Kier molecular flexibility index (Phi) is 4.97. The largest absolute Gasteiger partial charge is 0.321 e. The third-order valence-corrected chi connectivity index (χ3v) is 6.21.